The van der Waals surface area contributed by atoms with Crippen LogP contribution in [-0.2, 0) is 0 Å². The fourth-order valence-electron chi connectivity index (χ4n) is 9.57. The molecule has 2 fully saturated rings. The minimum Gasteiger partial charge on any atom is -0.254 e. The Morgan fingerprint density at radius 2 is 0.667 bits per heavy atom. The third-order valence-corrected chi connectivity index (χ3v) is 11.9. The Morgan fingerprint density at radius 1 is 0.353 bits per heavy atom. The van der Waals surface area contributed by atoms with Gasteiger partial charge in [-0.05, 0) is 68.8 Å². The van der Waals surface area contributed by atoms with E-state index < -0.39 is 0 Å². The lowest BCUT2D eigenvalue weighted by Gasteiger charge is -2.28. The summed E-state index contributed by atoms with van der Waals surface area (Å²) in [5.74, 6) is 0. The van der Waals surface area contributed by atoms with Crippen LogP contribution in [0.3, 0.4) is 0 Å². The van der Waals surface area contributed by atoms with Crippen molar-refractivity contribution in [1.29, 1.82) is 0 Å². The van der Waals surface area contributed by atoms with E-state index in [2.05, 4.69) is 186 Å². The maximum absolute atomic E-state index is 2.77. The fourth-order valence-corrected chi connectivity index (χ4v) is 9.57. The Kier molecular flexibility index (Phi) is 7.41. The molecule has 2 heteroatoms. The summed E-state index contributed by atoms with van der Waals surface area (Å²) in [6, 6.07) is 64.4. The lowest BCUT2D eigenvalue weighted by Crippen LogP contribution is -2.32. The molecule has 0 amide bonds. The van der Waals surface area contributed by atoms with Gasteiger partial charge >= 0.3 is 0 Å². The molecular weight excluding hydrogens is 617 g/mol. The van der Waals surface area contributed by atoms with Crippen molar-refractivity contribution in [2.24, 2.45) is 0 Å². The Balaban J connectivity index is 1.21. The van der Waals surface area contributed by atoms with Crippen LogP contribution in [0.15, 0.2) is 170 Å². The number of hydrogen-bond acceptors (Lipinski definition) is 0. The molecule has 0 saturated carbocycles. The lowest BCUT2D eigenvalue weighted by atomic mass is 9.97. The highest BCUT2D eigenvalue weighted by Gasteiger charge is 2.44. The van der Waals surface area contributed by atoms with Crippen LogP contribution < -0.4 is 0 Å². The number of rotatable bonds is 5. The van der Waals surface area contributed by atoms with Crippen LogP contribution in [0.25, 0.3) is 43.1 Å². The average Bonchev–Trinajstić information content (AvgIpc) is 3.81. The first-order chi connectivity index (χ1) is 25.3. The summed E-state index contributed by atoms with van der Waals surface area (Å²) in [6.07, 6.45) is 7.00. The minimum atomic E-state index is 0.252. The van der Waals surface area contributed by atoms with Gasteiger partial charge in [0.25, 0.3) is 0 Å². The molecule has 2 aliphatic heterocycles. The topological polar surface area (TPSA) is 6.25 Å². The molecule has 2 aliphatic rings. The smallest absolute Gasteiger partial charge is 0.236 e. The van der Waals surface area contributed by atoms with Gasteiger partial charge in [0, 0.05) is 22.3 Å². The van der Waals surface area contributed by atoms with E-state index >= 15 is 0 Å². The second kappa shape index (κ2) is 12.5. The van der Waals surface area contributed by atoms with Crippen LogP contribution in [0.5, 0.6) is 0 Å². The van der Waals surface area contributed by atoms with E-state index in [1.807, 2.05) is 0 Å². The zero-order valence-corrected chi connectivity index (χ0v) is 28.8. The molecule has 0 bridgehead atoms. The second-order valence-electron chi connectivity index (χ2n) is 14.5. The van der Waals surface area contributed by atoms with Gasteiger partial charge in [0.2, 0.25) is 6.34 Å². The number of fused-ring (bicyclic) bond motifs is 4. The van der Waals surface area contributed by atoms with Crippen LogP contribution in [0.1, 0.15) is 72.1 Å². The average molecular weight is 658 g/mol. The number of likely N-dealkylation sites (tertiary alicyclic amines) is 1. The first-order valence-electron chi connectivity index (χ1n) is 18.6. The van der Waals surface area contributed by atoms with Crippen molar-refractivity contribution in [3.8, 4) is 0 Å². The van der Waals surface area contributed by atoms with Gasteiger partial charge in [0.05, 0.1) is 0 Å². The molecule has 0 aliphatic carbocycles. The third kappa shape index (κ3) is 5.12. The molecule has 246 valence electrons. The molecule has 0 unspecified atom stereocenters. The summed E-state index contributed by atoms with van der Waals surface area (Å²) < 4.78 is 2.77. The molecule has 2 saturated heterocycles. The van der Waals surface area contributed by atoms with Crippen LogP contribution >= 0.6 is 0 Å². The second-order valence-corrected chi connectivity index (χ2v) is 14.5. The lowest BCUT2D eigenvalue weighted by molar-refractivity contribution is -0.590. The molecule has 4 atom stereocenters. The number of benzene rings is 8. The maximum Gasteiger partial charge on any atom is 0.236 e. The predicted octanol–water partition coefficient (Wildman–Crippen LogP) is 12.5. The maximum atomic E-state index is 2.77. The summed E-state index contributed by atoms with van der Waals surface area (Å²) >= 11 is 0. The van der Waals surface area contributed by atoms with E-state index in [9.17, 15) is 0 Å². The summed E-state index contributed by atoms with van der Waals surface area (Å²) in [6.45, 7) is 0. The van der Waals surface area contributed by atoms with E-state index in [0.717, 1.165) is 25.7 Å². The molecule has 10 rings (SSSR count). The third-order valence-electron chi connectivity index (χ3n) is 11.9. The molecule has 51 heavy (non-hydrogen) atoms. The molecule has 2 nitrogen and oxygen atoms in total. The van der Waals surface area contributed by atoms with Crippen LogP contribution in [-0.4, -0.2) is 15.8 Å². The Bertz CT molecular complexity index is 2400. The van der Waals surface area contributed by atoms with Crippen LogP contribution in [0.4, 0.5) is 0 Å². The van der Waals surface area contributed by atoms with Crippen LogP contribution in [0.2, 0.25) is 0 Å². The summed E-state index contributed by atoms with van der Waals surface area (Å²) in [5, 5.41) is 10.7. The van der Waals surface area contributed by atoms with E-state index in [-0.39, 0.29) is 24.2 Å². The molecule has 8 aromatic carbocycles. The first kappa shape index (κ1) is 30.1. The van der Waals surface area contributed by atoms with Gasteiger partial charge in [-0.25, -0.2) is 0 Å². The zero-order chi connectivity index (χ0) is 33.7. The predicted molar refractivity (Wildman–Crippen MR) is 213 cm³/mol. The minimum absolute atomic E-state index is 0.252. The quantitative estimate of drug-likeness (QED) is 0.132. The van der Waals surface area contributed by atoms with Crippen molar-refractivity contribution in [1.82, 2.24) is 4.90 Å². The molecule has 0 spiro atoms. The Hall–Kier alpha value is -5.73. The highest BCUT2D eigenvalue weighted by molar-refractivity contribution is 5.89. The SMILES string of the molecule is C(N1[C@H](c2cccc3ccccc23)CC[C@H]1c1cccc2ccccc12)=[N+]1[C@H](c2cccc3ccccc23)CC[C@H]1c1cccc2ccccc12. The van der Waals surface area contributed by atoms with Crippen molar-refractivity contribution in [3.63, 3.8) is 0 Å². The van der Waals surface area contributed by atoms with Gasteiger partial charge in [0.1, 0.15) is 24.2 Å². The van der Waals surface area contributed by atoms with Crippen molar-refractivity contribution < 1.29 is 4.58 Å². The summed E-state index contributed by atoms with van der Waals surface area (Å²) in [4.78, 5) is 2.77. The molecule has 8 aromatic rings. The van der Waals surface area contributed by atoms with Gasteiger partial charge in [-0.2, -0.15) is 0 Å². The highest BCUT2D eigenvalue weighted by atomic mass is 15.3. The van der Waals surface area contributed by atoms with Crippen molar-refractivity contribution in [2.75, 3.05) is 0 Å². The largest absolute Gasteiger partial charge is 0.254 e. The van der Waals surface area contributed by atoms with Crippen LogP contribution in [0, 0.1) is 0 Å². The van der Waals surface area contributed by atoms with Gasteiger partial charge in [-0.1, -0.05) is 170 Å². The Morgan fingerprint density at radius 3 is 1.06 bits per heavy atom. The Labute approximate surface area is 299 Å². The van der Waals surface area contributed by atoms with E-state index in [1.54, 1.807) is 0 Å². The fraction of sp³-hybridized carbons (Fsp3) is 0.163. The number of nitrogens with zero attached hydrogens (tertiary/aromatic N) is 2. The molecule has 0 aromatic heterocycles. The molecule has 0 radical (unpaired) electrons. The molecular formula is C49H41N2+. The normalized spacial score (nSPS) is 20.5. The standard InChI is InChI=1S/C49H41N2/c1-5-21-38-34(13-1)17-9-25-42(38)46-29-30-47(43-26-10-18-35-14-2-6-22-39(35)43)50(46)33-51-48(44-27-11-19-36-15-3-7-23-40(36)44)31-32-49(51)45-28-12-20-37-16-4-8-24-41(37)45/h1-28,33,46-49H,29-32H2/q+1/t46-,47-,48-,49-/m0/s1. The van der Waals surface area contributed by atoms with Gasteiger partial charge in [0.15, 0.2) is 0 Å². The summed E-state index contributed by atoms with van der Waals surface area (Å²) in [5.41, 5.74) is 5.70. The van der Waals surface area contributed by atoms with Crippen molar-refractivity contribution in [3.05, 3.63) is 192 Å². The number of hydrogen-bond donors (Lipinski definition) is 0. The zero-order valence-electron chi connectivity index (χ0n) is 28.8. The van der Waals surface area contributed by atoms with Gasteiger partial charge < -0.3 is 0 Å². The van der Waals surface area contributed by atoms with E-state index in [4.69, 9.17) is 0 Å². The highest BCUT2D eigenvalue weighted by Crippen LogP contribution is 2.49. The van der Waals surface area contributed by atoms with Crippen molar-refractivity contribution in [2.45, 2.75) is 49.9 Å². The van der Waals surface area contributed by atoms with Gasteiger partial charge in [-0.15, -0.1) is 0 Å². The van der Waals surface area contributed by atoms with Gasteiger partial charge in [-0.3, -0.25) is 9.48 Å². The summed E-state index contributed by atoms with van der Waals surface area (Å²) in [7, 11) is 0. The van der Waals surface area contributed by atoms with E-state index in [1.165, 1.54) is 65.3 Å². The monoisotopic (exact) mass is 657 g/mol. The molecule has 0 N–H and O–H groups in total. The molecule has 2 heterocycles. The first-order valence-corrected chi connectivity index (χ1v) is 18.6. The van der Waals surface area contributed by atoms with Crippen molar-refractivity contribution >= 4 is 49.4 Å². The van der Waals surface area contributed by atoms with E-state index in [0.29, 0.717) is 0 Å².